The molecule has 2 aliphatic rings. The van der Waals surface area contributed by atoms with E-state index in [2.05, 4.69) is 37.8 Å². The summed E-state index contributed by atoms with van der Waals surface area (Å²) in [5, 5.41) is 4.50. The average molecular weight is 301 g/mol. The van der Waals surface area contributed by atoms with E-state index in [4.69, 9.17) is 9.47 Å². The van der Waals surface area contributed by atoms with Gasteiger partial charge >= 0.3 is 0 Å². The Bertz CT molecular complexity index is 280. The van der Waals surface area contributed by atoms with Gasteiger partial charge in [0.2, 0.25) is 0 Å². The summed E-state index contributed by atoms with van der Waals surface area (Å²) in [4.78, 5) is 0. The van der Waals surface area contributed by atoms with Gasteiger partial charge in [0.15, 0.2) is 0 Å². The number of hydrogen-bond donors (Lipinski definition) is 1. The van der Waals surface area contributed by atoms with Gasteiger partial charge < -0.3 is 14.8 Å². The van der Waals surface area contributed by atoms with Gasteiger partial charge in [0.1, 0.15) is 0 Å². The van der Waals surface area contributed by atoms with Gasteiger partial charge in [-0.2, -0.15) is 11.8 Å². The maximum atomic E-state index is 6.08. The van der Waals surface area contributed by atoms with Crippen LogP contribution in [0.4, 0.5) is 0 Å². The van der Waals surface area contributed by atoms with Crippen LogP contribution in [0.3, 0.4) is 0 Å². The summed E-state index contributed by atoms with van der Waals surface area (Å²) in [6.07, 6.45) is 4.66. The summed E-state index contributed by atoms with van der Waals surface area (Å²) in [5.41, 5.74) is 0.0392. The van der Waals surface area contributed by atoms with Crippen molar-refractivity contribution in [1.82, 2.24) is 5.32 Å². The van der Waals surface area contributed by atoms with E-state index in [1.54, 1.807) is 0 Å². The van der Waals surface area contributed by atoms with Crippen molar-refractivity contribution in [1.29, 1.82) is 0 Å². The first-order valence-electron chi connectivity index (χ1n) is 8.22. The molecule has 0 aromatic rings. The number of rotatable bonds is 7. The second-order valence-electron chi connectivity index (χ2n) is 6.53. The molecule has 2 aliphatic heterocycles. The summed E-state index contributed by atoms with van der Waals surface area (Å²) < 4.78 is 11.7. The molecule has 1 N–H and O–H groups in total. The minimum Gasteiger partial charge on any atom is -0.378 e. The molecule has 0 bridgehead atoms. The van der Waals surface area contributed by atoms with Gasteiger partial charge in [-0.15, -0.1) is 0 Å². The molecule has 2 heterocycles. The number of nitrogens with one attached hydrogen (secondary N) is 1. The Morgan fingerprint density at radius 3 is 2.85 bits per heavy atom. The lowest BCUT2D eigenvalue weighted by Crippen LogP contribution is -2.48. The molecule has 20 heavy (non-hydrogen) atoms. The fraction of sp³-hybridized carbons (Fsp3) is 1.00. The zero-order valence-electron chi connectivity index (χ0n) is 13.3. The van der Waals surface area contributed by atoms with Crippen LogP contribution < -0.4 is 5.32 Å². The highest BCUT2D eigenvalue weighted by Gasteiger charge is 2.42. The SMILES string of the molecule is CCCNC(CSC(C)C)C1CCOC2(CCOC2)C1. The fourth-order valence-corrected chi connectivity index (χ4v) is 4.24. The molecule has 0 radical (unpaired) electrons. The molecule has 0 amide bonds. The molecular formula is C16H31NO2S. The second kappa shape index (κ2) is 8.02. The van der Waals surface area contributed by atoms with E-state index in [-0.39, 0.29) is 5.60 Å². The van der Waals surface area contributed by atoms with E-state index in [0.29, 0.717) is 11.3 Å². The molecule has 1 spiro atoms. The highest BCUT2D eigenvalue weighted by atomic mass is 32.2. The van der Waals surface area contributed by atoms with E-state index in [9.17, 15) is 0 Å². The minimum absolute atomic E-state index is 0.0392. The van der Waals surface area contributed by atoms with Crippen molar-refractivity contribution in [3.05, 3.63) is 0 Å². The van der Waals surface area contributed by atoms with Crippen molar-refractivity contribution in [2.45, 2.75) is 63.3 Å². The highest BCUT2D eigenvalue weighted by molar-refractivity contribution is 7.99. The predicted molar refractivity (Wildman–Crippen MR) is 86.5 cm³/mol. The summed E-state index contributed by atoms with van der Waals surface area (Å²) in [6.45, 7) is 10.5. The Labute approximate surface area is 128 Å². The lowest BCUT2D eigenvalue weighted by atomic mass is 9.81. The maximum Gasteiger partial charge on any atom is 0.0939 e. The molecular weight excluding hydrogens is 270 g/mol. The second-order valence-corrected chi connectivity index (χ2v) is 8.14. The molecule has 2 saturated heterocycles. The molecule has 118 valence electrons. The lowest BCUT2D eigenvalue weighted by Gasteiger charge is -2.40. The lowest BCUT2D eigenvalue weighted by molar-refractivity contribution is -0.102. The fourth-order valence-electron chi connectivity index (χ4n) is 3.26. The molecule has 2 rings (SSSR count). The first-order valence-corrected chi connectivity index (χ1v) is 9.27. The van der Waals surface area contributed by atoms with Crippen LogP contribution in [-0.2, 0) is 9.47 Å². The number of ether oxygens (including phenoxy) is 2. The van der Waals surface area contributed by atoms with Crippen LogP contribution in [0.5, 0.6) is 0 Å². The first kappa shape index (κ1) is 16.6. The molecule has 0 saturated carbocycles. The normalized spacial score (nSPS) is 32.1. The quantitative estimate of drug-likeness (QED) is 0.783. The Balaban J connectivity index is 1.91. The third-order valence-electron chi connectivity index (χ3n) is 4.43. The van der Waals surface area contributed by atoms with Crippen molar-refractivity contribution in [2.75, 3.05) is 32.1 Å². The Kier molecular flexibility index (Phi) is 6.66. The van der Waals surface area contributed by atoms with Crippen LogP contribution in [0, 0.1) is 5.92 Å². The smallest absolute Gasteiger partial charge is 0.0939 e. The van der Waals surface area contributed by atoms with Gasteiger partial charge in [0.05, 0.1) is 12.2 Å². The van der Waals surface area contributed by atoms with Crippen LogP contribution >= 0.6 is 11.8 Å². The van der Waals surface area contributed by atoms with Gasteiger partial charge in [-0.1, -0.05) is 20.8 Å². The Morgan fingerprint density at radius 2 is 2.20 bits per heavy atom. The topological polar surface area (TPSA) is 30.5 Å². The van der Waals surface area contributed by atoms with Gasteiger partial charge in [-0.25, -0.2) is 0 Å². The summed E-state index contributed by atoms with van der Waals surface area (Å²) in [7, 11) is 0. The largest absolute Gasteiger partial charge is 0.378 e. The van der Waals surface area contributed by atoms with E-state index >= 15 is 0 Å². The van der Waals surface area contributed by atoms with Crippen molar-refractivity contribution in [2.24, 2.45) is 5.92 Å². The molecule has 4 heteroatoms. The van der Waals surface area contributed by atoms with Crippen molar-refractivity contribution >= 4 is 11.8 Å². The molecule has 0 aromatic heterocycles. The van der Waals surface area contributed by atoms with Gasteiger partial charge in [-0.05, 0) is 37.0 Å². The van der Waals surface area contributed by atoms with Crippen molar-refractivity contribution in [3.63, 3.8) is 0 Å². The Morgan fingerprint density at radius 1 is 1.35 bits per heavy atom. The van der Waals surface area contributed by atoms with Gasteiger partial charge in [0, 0.05) is 31.4 Å². The predicted octanol–water partition coefficient (Wildman–Crippen LogP) is 3.08. The third kappa shape index (κ3) is 4.62. The highest BCUT2D eigenvalue weighted by Crippen LogP contribution is 2.37. The summed E-state index contributed by atoms with van der Waals surface area (Å²) in [5.74, 6) is 1.96. The van der Waals surface area contributed by atoms with Crippen LogP contribution in [0.1, 0.15) is 46.5 Å². The van der Waals surface area contributed by atoms with Crippen LogP contribution in [-0.4, -0.2) is 49.0 Å². The summed E-state index contributed by atoms with van der Waals surface area (Å²) >= 11 is 2.08. The molecule has 3 unspecified atom stereocenters. The van der Waals surface area contributed by atoms with E-state index in [1.807, 2.05) is 0 Å². The van der Waals surface area contributed by atoms with Crippen molar-refractivity contribution in [3.8, 4) is 0 Å². The Hall–Kier alpha value is 0.230. The minimum atomic E-state index is 0.0392. The van der Waals surface area contributed by atoms with Gasteiger partial charge in [-0.3, -0.25) is 0 Å². The zero-order chi connectivity index (χ0) is 14.4. The van der Waals surface area contributed by atoms with E-state index in [0.717, 1.165) is 38.7 Å². The standard InChI is InChI=1S/C16H31NO2S/c1-4-7-17-15(11-20-13(2)3)14-5-8-19-16(10-14)6-9-18-12-16/h13-15,17H,4-12H2,1-3H3. The number of hydrogen-bond acceptors (Lipinski definition) is 4. The first-order chi connectivity index (χ1) is 9.65. The van der Waals surface area contributed by atoms with E-state index < -0.39 is 0 Å². The summed E-state index contributed by atoms with van der Waals surface area (Å²) in [6, 6.07) is 0.628. The van der Waals surface area contributed by atoms with Crippen LogP contribution in [0.2, 0.25) is 0 Å². The monoisotopic (exact) mass is 301 g/mol. The maximum absolute atomic E-state index is 6.08. The molecule has 0 aliphatic carbocycles. The van der Waals surface area contributed by atoms with Crippen molar-refractivity contribution < 1.29 is 9.47 Å². The zero-order valence-corrected chi connectivity index (χ0v) is 14.1. The molecule has 3 nitrogen and oxygen atoms in total. The third-order valence-corrected chi connectivity index (χ3v) is 5.65. The average Bonchev–Trinajstić information content (AvgIpc) is 2.86. The molecule has 2 fully saturated rings. The van der Waals surface area contributed by atoms with Crippen LogP contribution in [0.25, 0.3) is 0 Å². The molecule has 3 atom stereocenters. The molecule has 0 aromatic carbocycles. The van der Waals surface area contributed by atoms with Gasteiger partial charge in [0.25, 0.3) is 0 Å². The number of thioether (sulfide) groups is 1. The van der Waals surface area contributed by atoms with E-state index in [1.165, 1.54) is 25.0 Å². The van der Waals surface area contributed by atoms with Crippen LogP contribution in [0.15, 0.2) is 0 Å².